The zero-order chi connectivity index (χ0) is 23.8. The second kappa shape index (κ2) is 11.2. The van der Waals surface area contributed by atoms with Gasteiger partial charge in [0.05, 0.1) is 7.11 Å². The second-order valence-electron chi connectivity index (χ2n) is 8.38. The van der Waals surface area contributed by atoms with Crippen molar-refractivity contribution in [3.05, 3.63) is 126 Å². The van der Waals surface area contributed by atoms with Gasteiger partial charge in [0.1, 0.15) is 17.3 Å². The summed E-state index contributed by atoms with van der Waals surface area (Å²) in [5, 5.41) is 0. The highest BCUT2D eigenvalue weighted by molar-refractivity contribution is 6.01. The number of benzene rings is 4. The van der Waals surface area contributed by atoms with E-state index in [1.165, 1.54) is 11.1 Å². The van der Waals surface area contributed by atoms with Crippen LogP contribution in [0.5, 0.6) is 5.75 Å². The van der Waals surface area contributed by atoms with Crippen molar-refractivity contribution < 1.29 is 4.74 Å². The molecule has 0 aliphatic heterocycles. The number of anilines is 1. The molecule has 0 aliphatic carbocycles. The molecule has 0 N–H and O–H groups in total. The smallest absolute Gasteiger partial charge is 0.144 e. The third kappa shape index (κ3) is 5.84. The predicted octanol–water partition coefficient (Wildman–Crippen LogP) is 6.54. The number of hydrogen-bond acceptors (Lipinski definition) is 3. The Balaban J connectivity index is 1.83. The van der Waals surface area contributed by atoms with Gasteiger partial charge in [-0.15, -0.1) is 0 Å². The van der Waals surface area contributed by atoms with Crippen LogP contribution in [-0.4, -0.2) is 31.9 Å². The average molecular weight is 450 g/mol. The predicted molar refractivity (Wildman–Crippen MR) is 142 cm³/mol. The Morgan fingerprint density at radius 1 is 0.676 bits per heavy atom. The Labute approximate surface area is 202 Å². The highest BCUT2D eigenvalue weighted by atomic mass is 16.5. The molecular weight excluding hydrogens is 418 g/mol. The van der Waals surface area contributed by atoms with Crippen molar-refractivity contribution in [3.8, 4) is 5.75 Å². The first-order valence-electron chi connectivity index (χ1n) is 11.5. The van der Waals surface area contributed by atoms with Gasteiger partial charge in [-0.3, -0.25) is 0 Å². The van der Waals surface area contributed by atoms with E-state index in [1.54, 1.807) is 7.11 Å². The molecule has 4 aromatic rings. The van der Waals surface area contributed by atoms with Crippen molar-refractivity contribution >= 4 is 17.2 Å². The zero-order valence-electron chi connectivity index (χ0n) is 20.1. The van der Waals surface area contributed by atoms with Gasteiger partial charge in [0, 0.05) is 38.4 Å². The molecule has 0 radical (unpaired) electrons. The van der Waals surface area contributed by atoms with E-state index >= 15 is 0 Å². The van der Waals surface area contributed by atoms with Crippen LogP contribution in [0.15, 0.2) is 114 Å². The van der Waals surface area contributed by atoms with Crippen LogP contribution in [0.1, 0.15) is 16.7 Å². The summed E-state index contributed by atoms with van der Waals surface area (Å²) < 4.78 is 5.62. The topological polar surface area (TPSA) is 28.1 Å². The van der Waals surface area contributed by atoms with E-state index < -0.39 is 0 Å². The van der Waals surface area contributed by atoms with Gasteiger partial charge in [0.15, 0.2) is 0 Å². The van der Waals surface area contributed by atoms with E-state index in [4.69, 9.17) is 9.73 Å². The Morgan fingerprint density at radius 2 is 1.21 bits per heavy atom. The van der Waals surface area contributed by atoms with E-state index in [1.807, 2.05) is 24.3 Å². The number of rotatable bonds is 8. The molecule has 0 spiro atoms. The van der Waals surface area contributed by atoms with Crippen LogP contribution in [0.3, 0.4) is 0 Å². The normalized spacial score (nSPS) is 11.2. The minimum atomic E-state index is 0.735. The molecule has 0 saturated carbocycles. The number of methoxy groups -OCH3 is 1. The summed E-state index contributed by atoms with van der Waals surface area (Å²) in [4.78, 5) is 9.61. The number of para-hydroxylation sites is 2. The molecule has 0 aliphatic rings. The lowest BCUT2D eigenvalue weighted by atomic mass is 10.1. The molecule has 4 aromatic carbocycles. The molecule has 4 rings (SSSR count). The van der Waals surface area contributed by atoms with Crippen molar-refractivity contribution in [2.45, 2.75) is 13.1 Å². The SMILES string of the molecule is COc1ccccc1N=C(c1ccc(N(C)C)cc1)N(Cc1ccccc1)Cc1ccccc1. The van der Waals surface area contributed by atoms with Gasteiger partial charge < -0.3 is 14.5 Å². The van der Waals surface area contributed by atoms with Crippen LogP contribution < -0.4 is 9.64 Å². The van der Waals surface area contributed by atoms with Crippen LogP contribution in [0.2, 0.25) is 0 Å². The van der Waals surface area contributed by atoms with Crippen molar-refractivity contribution in [2.75, 3.05) is 26.1 Å². The first-order valence-corrected chi connectivity index (χ1v) is 11.5. The molecule has 0 fully saturated rings. The van der Waals surface area contributed by atoms with Crippen LogP contribution in [-0.2, 0) is 13.1 Å². The molecule has 0 saturated heterocycles. The fourth-order valence-corrected chi connectivity index (χ4v) is 3.88. The van der Waals surface area contributed by atoms with Gasteiger partial charge in [0.2, 0.25) is 0 Å². The summed E-state index contributed by atoms with van der Waals surface area (Å²) >= 11 is 0. The number of hydrogen-bond donors (Lipinski definition) is 0. The van der Waals surface area contributed by atoms with E-state index in [2.05, 4.69) is 109 Å². The molecule has 4 heteroatoms. The molecule has 172 valence electrons. The van der Waals surface area contributed by atoms with Crippen molar-refractivity contribution in [2.24, 2.45) is 4.99 Å². The van der Waals surface area contributed by atoms with E-state index in [0.717, 1.165) is 41.6 Å². The Bertz CT molecular complexity index is 1160. The van der Waals surface area contributed by atoms with Gasteiger partial charge in [-0.25, -0.2) is 4.99 Å². The van der Waals surface area contributed by atoms with Gasteiger partial charge in [-0.1, -0.05) is 72.8 Å². The Kier molecular flexibility index (Phi) is 7.61. The third-order valence-corrected chi connectivity index (χ3v) is 5.69. The van der Waals surface area contributed by atoms with Crippen LogP contribution in [0.4, 0.5) is 11.4 Å². The fraction of sp³-hybridized carbons (Fsp3) is 0.167. The molecule has 0 heterocycles. The maximum atomic E-state index is 5.62. The standard InChI is InChI=1S/C30H31N3O/c1-32(2)27-20-18-26(19-21-27)30(31-28-16-10-11-17-29(28)34-3)33(22-24-12-6-4-7-13-24)23-25-14-8-5-9-15-25/h4-21H,22-23H2,1-3H3. The maximum Gasteiger partial charge on any atom is 0.144 e. The molecule has 34 heavy (non-hydrogen) atoms. The van der Waals surface area contributed by atoms with Gasteiger partial charge in [0.25, 0.3) is 0 Å². The lowest BCUT2D eigenvalue weighted by molar-refractivity contribution is 0.405. The van der Waals surface area contributed by atoms with Crippen molar-refractivity contribution in [1.29, 1.82) is 0 Å². The number of nitrogens with zero attached hydrogens (tertiary/aromatic N) is 3. The average Bonchev–Trinajstić information content (AvgIpc) is 2.88. The fourth-order valence-electron chi connectivity index (χ4n) is 3.88. The van der Waals surface area contributed by atoms with E-state index in [0.29, 0.717) is 0 Å². The minimum Gasteiger partial charge on any atom is -0.494 e. The first-order chi connectivity index (χ1) is 16.6. The lowest BCUT2D eigenvalue weighted by Gasteiger charge is -2.27. The number of aliphatic imine (C=N–C) groups is 1. The second-order valence-corrected chi connectivity index (χ2v) is 8.38. The maximum absolute atomic E-state index is 5.62. The quantitative estimate of drug-likeness (QED) is 0.226. The highest BCUT2D eigenvalue weighted by Gasteiger charge is 2.17. The summed E-state index contributed by atoms with van der Waals surface area (Å²) in [6.45, 7) is 1.47. The number of amidine groups is 1. The molecule has 0 atom stereocenters. The van der Waals surface area contributed by atoms with Gasteiger partial charge in [-0.2, -0.15) is 0 Å². The Morgan fingerprint density at radius 3 is 1.74 bits per heavy atom. The van der Waals surface area contributed by atoms with Crippen molar-refractivity contribution in [3.63, 3.8) is 0 Å². The van der Waals surface area contributed by atoms with Gasteiger partial charge in [-0.05, 0) is 47.5 Å². The van der Waals surface area contributed by atoms with E-state index in [9.17, 15) is 0 Å². The summed E-state index contributed by atoms with van der Waals surface area (Å²) in [5.41, 5.74) is 5.48. The largest absolute Gasteiger partial charge is 0.494 e. The molecular formula is C30H31N3O. The van der Waals surface area contributed by atoms with Crippen molar-refractivity contribution in [1.82, 2.24) is 4.90 Å². The summed E-state index contributed by atoms with van der Waals surface area (Å²) in [7, 11) is 5.79. The summed E-state index contributed by atoms with van der Waals surface area (Å²) in [6.07, 6.45) is 0. The van der Waals surface area contributed by atoms with Crippen LogP contribution in [0, 0.1) is 0 Å². The summed E-state index contributed by atoms with van der Waals surface area (Å²) in [6, 6.07) is 37.5. The first kappa shape index (κ1) is 23.1. The van der Waals surface area contributed by atoms with Crippen LogP contribution in [0.25, 0.3) is 0 Å². The Hall–Kier alpha value is -4.05. The lowest BCUT2D eigenvalue weighted by Crippen LogP contribution is -2.31. The number of ether oxygens (including phenoxy) is 1. The third-order valence-electron chi connectivity index (χ3n) is 5.69. The minimum absolute atomic E-state index is 0.735. The summed E-state index contributed by atoms with van der Waals surface area (Å²) in [5.74, 6) is 1.66. The molecule has 0 amide bonds. The van der Waals surface area contributed by atoms with Gasteiger partial charge >= 0.3 is 0 Å². The monoisotopic (exact) mass is 449 g/mol. The zero-order valence-corrected chi connectivity index (χ0v) is 20.1. The molecule has 4 nitrogen and oxygen atoms in total. The molecule has 0 bridgehead atoms. The van der Waals surface area contributed by atoms with E-state index in [-0.39, 0.29) is 0 Å². The van der Waals surface area contributed by atoms with Crippen LogP contribution >= 0.6 is 0 Å². The highest BCUT2D eigenvalue weighted by Crippen LogP contribution is 2.29. The molecule has 0 aromatic heterocycles. The molecule has 0 unspecified atom stereocenters.